The van der Waals surface area contributed by atoms with Crippen molar-refractivity contribution in [2.24, 2.45) is 0 Å². The van der Waals surface area contributed by atoms with E-state index in [1.165, 1.54) is 6.07 Å². The van der Waals surface area contributed by atoms with Crippen LogP contribution in [-0.2, 0) is 10.7 Å². The van der Waals surface area contributed by atoms with Crippen LogP contribution in [0, 0.1) is 0 Å². The third-order valence-electron chi connectivity index (χ3n) is 5.25. The van der Waals surface area contributed by atoms with Crippen molar-refractivity contribution in [2.45, 2.75) is 12.0 Å². The van der Waals surface area contributed by atoms with Gasteiger partial charge in [-0.25, -0.2) is 0 Å². The molecule has 6 heteroatoms. The molecule has 0 radical (unpaired) electrons. The Morgan fingerprint density at radius 3 is 1.66 bits per heavy atom. The van der Waals surface area contributed by atoms with Crippen molar-refractivity contribution in [1.29, 1.82) is 0 Å². The van der Waals surface area contributed by atoms with Gasteiger partial charge in [-0.2, -0.15) is 13.2 Å². The lowest BCUT2D eigenvalue weighted by Crippen LogP contribution is -2.26. The minimum Gasteiger partial charge on any atom is -0.371 e. The third-order valence-corrected chi connectivity index (χ3v) is 8.54. The standard InChI is InChI=1S/C26H21F3NOP/c27-26(28,29)21-13-10-14-22(19-21)30-25(20-11-4-1-5-12-20)32(31,23-15-6-2-7-16-23)24-17-8-3-9-18-24/h1-19,25,30H. The van der Waals surface area contributed by atoms with Gasteiger partial charge in [0.15, 0.2) is 7.14 Å². The summed E-state index contributed by atoms with van der Waals surface area (Å²) in [6.45, 7) is 0. The average Bonchev–Trinajstić information content (AvgIpc) is 2.83. The van der Waals surface area contributed by atoms with E-state index < -0.39 is 24.7 Å². The molecule has 0 aromatic heterocycles. The summed E-state index contributed by atoms with van der Waals surface area (Å²) in [5, 5.41) is 4.43. The molecule has 4 rings (SSSR count). The fourth-order valence-corrected chi connectivity index (χ4v) is 6.76. The lowest BCUT2D eigenvalue weighted by Gasteiger charge is -2.31. The molecule has 1 atom stereocenters. The predicted octanol–water partition coefficient (Wildman–Crippen LogP) is 6.83. The summed E-state index contributed by atoms with van der Waals surface area (Å²) in [6, 6.07) is 32.3. The van der Waals surface area contributed by atoms with Crippen molar-refractivity contribution in [2.75, 3.05) is 5.32 Å². The smallest absolute Gasteiger partial charge is 0.371 e. The number of halogens is 3. The van der Waals surface area contributed by atoms with Crippen LogP contribution in [0.5, 0.6) is 0 Å². The van der Waals surface area contributed by atoms with Crippen LogP contribution in [0.1, 0.15) is 16.9 Å². The van der Waals surface area contributed by atoms with Gasteiger partial charge in [0, 0.05) is 16.3 Å². The Bertz CT molecular complexity index is 1170. The van der Waals surface area contributed by atoms with Gasteiger partial charge in [-0.15, -0.1) is 0 Å². The molecular formula is C26H21F3NOP. The van der Waals surface area contributed by atoms with Crippen LogP contribution in [-0.4, -0.2) is 0 Å². The van der Waals surface area contributed by atoms with Crippen molar-refractivity contribution in [1.82, 2.24) is 0 Å². The first-order chi connectivity index (χ1) is 15.4. The Balaban J connectivity index is 1.90. The van der Waals surface area contributed by atoms with Crippen LogP contribution < -0.4 is 15.9 Å². The molecule has 0 saturated heterocycles. The second-order valence-electron chi connectivity index (χ2n) is 7.37. The molecule has 0 heterocycles. The predicted molar refractivity (Wildman–Crippen MR) is 124 cm³/mol. The summed E-state index contributed by atoms with van der Waals surface area (Å²) in [7, 11) is -3.37. The Morgan fingerprint density at radius 2 is 1.16 bits per heavy atom. The number of nitrogens with one attached hydrogen (secondary N) is 1. The molecule has 0 spiro atoms. The molecule has 0 aliphatic rings. The van der Waals surface area contributed by atoms with Crippen molar-refractivity contribution in [3.63, 3.8) is 0 Å². The maximum Gasteiger partial charge on any atom is 0.416 e. The molecule has 0 aliphatic heterocycles. The SMILES string of the molecule is O=P(c1ccccc1)(c1ccccc1)C(Nc1cccc(C(F)(F)F)c1)c1ccccc1. The number of rotatable bonds is 6. The van der Waals surface area contributed by atoms with Gasteiger partial charge in [-0.3, -0.25) is 0 Å². The lowest BCUT2D eigenvalue weighted by atomic mass is 10.1. The number of alkyl halides is 3. The minimum atomic E-state index is -4.47. The van der Waals surface area contributed by atoms with Crippen molar-refractivity contribution in [3.8, 4) is 0 Å². The van der Waals surface area contributed by atoms with Gasteiger partial charge in [0.25, 0.3) is 0 Å². The fourth-order valence-electron chi connectivity index (χ4n) is 3.71. The molecule has 4 aromatic rings. The zero-order chi connectivity index (χ0) is 22.6. The highest BCUT2D eigenvalue weighted by molar-refractivity contribution is 7.79. The van der Waals surface area contributed by atoms with E-state index in [1.54, 1.807) is 30.3 Å². The van der Waals surface area contributed by atoms with E-state index in [-0.39, 0.29) is 5.69 Å². The van der Waals surface area contributed by atoms with E-state index in [0.29, 0.717) is 10.6 Å². The van der Waals surface area contributed by atoms with E-state index in [2.05, 4.69) is 5.32 Å². The van der Waals surface area contributed by atoms with Crippen molar-refractivity contribution in [3.05, 3.63) is 126 Å². The van der Waals surface area contributed by atoms with E-state index in [1.807, 2.05) is 66.7 Å². The largest absolute Gasteiger partial charge is 0.416 e. The molecular weight excluding hydrogens is 430 g/mol. The molecule has 0 bridgehead atoms. The molecule has 0 saturated carbocycles. The molecule has 4 aromatic carbocycles. The van der Waals surface area contributed by atoms with Crippen LogP contribution in [0.15, 0.2) is 115 Å². The highest BCUT2D eigenvalue weighted by Gasteiger charge is 2.38. The Hall–Kier alpha value is -3.30. The molecule has 0 fully saturated rings. The monoisotopic (exact) mass is 451 g/mol. The van der Waals surface area contributed by atoms with E-state index in [0.717, 1.165) is 17.7 Å². The zero-order valence-corrected chi connectivity index (χ0v) is 17.9. The van der Waals surface area contributed by atoms with Gasteiger partial charge in [0.05, 0.1) is 5.56 Å². The summed E-state index contributed by atoms with van der Waals surface area (Å²) in [4.78, 5) is 0. The molecule has 32 heavy (non-hydrogen) atoms. The number of hydrogen-bond acceptors (Lipinski definition) is 2. The third kappa shape index (κ3) is 4.49. The van der Waals surface area contributed by atoms with E-state index >= 15 is 0 Å². The number of benzene rings is 4. The van der Waals surface area contributed by atoms with Crippen LogP contribution in [0.3, 0.4) is 0 Å². The summed E-state index contributed by atoms with van der Waals surface area (Å²) < 4.78 is 54.8. The second-order valence-corrected chi connectivity index (χ2v) is 10.2. The molecule has 0 amide bonds. The summed E-state index contributed by atoms with van der Waals surface area (Å²) >= 11 is 0. The maximum absolute atomic E-state index is 14.9. The quantitative estimate of drug-likeness (QED) is 0.326. The Labute approximate surface area is 185 Å². The van der Waals surface area contributed by atoms with Crippen LogP contribution >= 0.6 is 7.14 Å². The van der Waals surface area contributed by atoms with Crippen LogP contribution in [0.2, 0.25) is 0 Å². The minimum absolute atomic E-state index is 0.251. The van der Waals surface area contributed by atoms with Gasteiger partial charge in [0.1, 0.15) is 5.78 Å². The summed E-state index contributed by atoms with van der Waals surface area (Å²) in [5.41, 5.74) is 0.213. The van der Waals surface area contributed by atoms with Gasteiger partial charge in [-0.05, 0) is 23.8 Å². The summed E-state index contributed by atoms with van der Waals surface area (Å²) in [6.07, 6.45) is -4.47. The summed E-state index contributed by atoms with van der Waals surface area (Å²) in [5.74, 6) is -0.767. The van der Waals surface area contributed by atoms with Gasteiger partial charge in [0.2, 0.25) is 0 Å². The normalized spacial score (nSPS) is 12.8. The Morgan fingerprint density at radius 1 is 0.656 bits per heavy atom. The first kappa shape index (κ1) is 21.9. The van der Waals surface area contributed by atoms with Gasteiger partial charge >= 0.3 is 6.18 Å². The second kappa shape index (κ2) is 9.05. The molecule has 0 aliphatic carbocycles. The fraction of sp³-hybridized carbons (Fsp3) is 0.0769. The first-order valence-electron chi connectivity index (χ1n) is 10.1. The first-order valence-corrected chi connectivity index (χ1v) is 11.9. The maximum atomic E-state index is 14.9. The van der Waals surface area contributed by atoms with Crippen molar-refractivity contribution >= 4 is 23.4 Å². The number of anilines is 1. The lowest BCUT2D eigenvalue weighted by molar-refractivity contribution is -0.137. The number of hydrogen-bond donors (Lipinski definition) is 1. The van der Waals surface area contributed by atoms with Crippen LogP contribution in [0.25, 0.3) is 0 Å². The molecule has 1 unspecified atom stereocenters. The van der Waals surface area contributed by atoms with Gasteiger partial charge < -0.3 is 9.88 Å². The average molecular weight is 451 g/mol. The molecule has 162 valence electrons. The Kier molecular flexibility index (Phi) is 6.20. The van der Waals surface area contributed by atoms with Crippen LogP contribution in [0.4, 0.5) is 18.9 Å². The zero-order valence-electron chi connectivity index (χ0n) is 17.0. The van der Waals surface area contributed by atoms with Crippen molar-refractivity contribution < 1.29 is 17.7 Å². The molecule has 1 N–H and O–H groups in total. The van der Waals surface area contributed by atoms with Gasteiger partial charge in [-0.1, -0.05) is 97.1 Å². The topological polar surface area (TPSA) is 29.1 Å². The van der Waals surface area contributed by atoms with E-state index in [4.69, 9.17) is 0 Å². The molecule has 2 nitrogen and oxygen atoms in total. The highest BCUT2D eigenvalue weighted by Crippen LogP contribution is 2.57. The van der Waals surface area contributed by atoms with E-state index in [9.17, 15) is 17.7 Å². The highest BCUT2D eigenvalue weighted by atomic mass is 31.2.